The number of hydrogen-bond acceptors (Lipinski definition) is 1. The van der Waals surface area contributed by atoms with Gasteiger partial charge in [-0.3, -0.25) is 4.79 Å². The van der Waals surface area contributed by atoms with E-state index < -0.39 is 5.97 Å². The molecule has 0 aliphatic heterocycles. The SMILES string of the molecule is C#CCCCC1(C(=O)O)CC1. The van der Waals surface area contributed by atoms with Crippen LogP contribution < -0.4 is 0 Å². The van der Waals surface area contributed by atoms with Gasteiger partial charge in [0.05, 0.1) is 5.41 Å². The van der Waals surface area contributed by atoms with E-state index >= 15 is 0 Å². The lowest BCUT2D eigenvalue weighted by atomic mass is 10.00. The van der Waals surface area contributed by atoms with Gasteiger partial charge in [-0.05, 0) is 25.7 Å². The Hall–Kier alpha value is -0.970. The van der Waals surface area contributed by atoms with E-state index in [2.05, 4.69) is 5.92 Å². The minimum absolute atomic E-state index is 0.378. The number of carboxylic acids is 1. The summed E-state index contributed by atoms with van der Waals surface area (Å²) < 4.78 is 0. The van der Waals surface area contributed by atoms with Crippen LogP contribution in [-0.2, 0) is 4.79 Å². The minimum atomic E-state index is -0.644. The number of hydrogen-bond donors (Lipinski definition) is 1. The fourth-order valence-corrected chi connectivity index (χ4v) is 1.25. The van der Waals surface area contributed by atoms with Gasteiger partial charge >= 0.3 is 5.97 Å². The Morgan fingerprint density at radius 2 is 2.27 bits per heavy atom. The van der Waals surface area contributed by atoms with Crippen molar-refractivity contribution >= 4 is 5.97 Å². The van der Waals surface area contributed by atoms with E-state index in [0.717, 1.165) is 25.7 Å². The molecule has 1 fully saturated rings. The molecule has 0 aromatic carbocycles. The van der Waals surface area contributed by atoms with E-state index in [1.807, 2.05) is 0 Å². The summed E-state index contributed by atoms with van der Waals surface area (Å²) in [5.74, 6) is 1.87. The smallest absolute Gasteiger partial charge is 0.309 e. The Bertz CT molecular complexity index is 196. The van der Waals surface area contributed by atoms with E-state index in [9.17, 15) is 4.79 Å². The van der Waals surface area contributed by atoms with Gasteiger partial charge in [-0.15, -0.1) is 12.3 Å². The normalized spacial score (nSPS) is 18.8. The summed E-state index contributed by atoms with van der Waals surface area (Å²) in [6, 6.07) is 0. The van der Waals surface area contributed by atoms with Crippen molar-refractivity contribution in [2.75, 3.05) is 0 Å². The van der Waals surface area contributed by atoms with Crippen LogP contribution in [0.4, 0.5) is 0 Å². The zero-order valence-electron chi connectivity index (χ0n) is 6.47. The van der Waals surface area contributed by atoms with Crippen LogP contribution in [0.1, 0.15) is 32.1 Å². The van der Waals surface area contributed by atoms with E-state index in [0.29, 0.717) is 6.42 Å². The third-order valence-electron chi connectivity index (χ3n) is 2.28. The second-order valence-electron chi connectivity index (χ2n) is 3.14. The first-order valence-electron chi connectivity index (χ1n) is 3.88. The maximum absolute atomic E-state index is 10.6. The third kappa shape index (κ3) is 1.74. The summed E-state index contributed by atoms with van der Waals surface area (Å²) in [5, 5.41) is 8.75. The highest BCUT2D eigenvalue weighted by Gasteiger charge is 2.49. The number of rotatable bonds is 4. The zero-order chi connectivity index (χ0) is 8.32. The average molecular weight is 152 g/mol. The second kappa shape index (κ2) is 2.96. The van der Waals surface area contributed by atoms with Crippen molar-refractivity contribution in [2.24, 2.45) is 5.41 Å². The van der Waals surface area contributed by atoms with Gasteiger partial charge in [0, 0.05) is 6.42 Å². The van der Waals surface area contributed by atoms with Crippen LogP contribution >= 0.6 is 0 Å². The molecule has 60 valence electrons. The van der Waals surface area contributed by atoms with Crippen LogP contribution in [0.3, 0.4) is 0 Å². The molecule has 0 spiro atoms. The van der Waals surface area contributed by atoms with E-state index in [4.69, 9.17) is 11.5 Å². The van der Waals surface area contributed by atoms with Crippen LogP contribution in [0.5, 0.6) is 0 Å². The molecule has 2 heteroatoms. The fourth-order valence-electron chi connectivity index (χ4n) is 1.25. The summed E-state index contributed by atoms with van der Waals surface area (Å²) >= 11 is 0. The Balaban J connectivity index is 2.26. The second-order valence-corrected chi connectivity index (χ2v) is 3.14. The standard InChI is InChI=1S/C9H12O2/c1-2-3-4-5-9(6-7-9)8(10)11/h1H,3-7H2,(H,10,11). The van der Waals surface area contributed by atoms with Crippen molar-refractivity contribution in [3.8, 4) is 12.3 Å². The van der Waals surface area contributed by atoms with Crippen LogP contribution in [0.25, 0.3) is 0 Å². The molecule has 0 saturated heterocycles. The Labute approximate surface area is 66.6 Å². The van der Waals surface area contributed by atoms with E-state index in [1.54, 1.807) is 0 Å². The molecule has 1 aliphatic carbocycles. The highest BCUT2D eigenvalue weighted by Crippen LogP contribution is 2.49. The van der Waals surface area contributed by atoms with Crippen molar-refractivity contribution in [3.05, 3.63) is 0 Å². The summed E-state index contributed by atoms with van der Waals surface area (Å²) in [6.45, 7) is 0. The third-order valence-corrected chi connectivity index (χ3v) is 2.28. The lowest BCUT2D eigenvalue weighted by Gasteiger charge is -2.06. The van der Waals surface area contributed by atoms with Crippen molar-refractivity contribution < 1.29 is 9.90 Å². The molecule has 0 amide bonds. The first kappa shape index (κ1) is 8.13. The van der Waals surface area contributed by atoms with Crippen molar-refractivity contribution in [3.63, 3.8) is 0 Å². The molecule has 0 aromatic rings. The molecule has 0 bridgehead atoms. The van der Waals surface area contributed by atoms with Gasteiger partial charge in [-0.25, -0.2) is 0 Å². The van der Waals surface area contributed by atoms with Gasteiger partial charge in [0.2, 0.25) is 0 Å². The molecule has 1 aliphatic rings. The summed E-state index contributed by atoms with van der Waals surface area (Å²) in [7, 11) is 0. The Morgan fingerprint density at radius 1 is 1.64 bits per heavy atom. The minimum Gasteiger partial charge on any atom is -0.481 e. The molecule has 1 N–H and O–H groups in total. The topological polar surface area (TPSA) is 37.3 Å². The van der Waals surface area contributed by atoms with Gasteiger partial charge in [0.1, 0.15) is 0 Å². The predicted molar refractivity (Wildman–Crippen MR) is 42.0 cm³/mol. The molecular weight excluding hydrogens is 140 g/mol. The van der Waals surface area contributed by atoms with Gasteiger partial charge in [0.15, 0.2) is 0 Å². The Morgan fingerprint density at radius 3 is 2.64 bits per heavy atom. The molecule has 0 aromatic heterocycles. The highest BCUT2D eigenvalue weighted by molar-refractivity contribution is 5.77. The first-order chi connectivity index (χ1) is 5.21. The summed E-state index contributed by atoms with van der Waals surface area (Å²) in [6.07, 6.45) is 9.05. The monoisotopic (exact) mass is 152 g/mol. The molecule has 11 heavy (non-hydrogen) atoms. The van der Waals surface area contributed by atoms with Crippen LogP contribution in [0.2, 0.25) is 0 Å². The summed E-state index contributed by atoms with van der Waals surface area (Å²) in [5.41, 5.74) is -0.378. The zero-order valence-corrected chi connectivity index (χ0v) is 6.47. The van der Waals surface area contributed by atoms with Crippen molar-refractivity contribution in [2.45, 2.75) is 32.1 Å². The molecule has 0 heterocycles. The first-order valence-corrected chi connectivity index (χ1v) is 3.88. The molecule has 2 nitrogen and oxygen atoms in total. The number of carbonyl (C=O) groups is 1. The fraction of sp³-hybridized carbons (Fsp3) is 0.667. The maximum Gasteiger partial charge on any atom is 0.309 e. The van der Waals surface area contributed by atoms with E-state index in [-0.39, 0.29) is 5.41 Å². The predicted octanol–water partition coefficient (Wildman–Crippen LogP) is 1.65. The molecule has 0 atom stereocenters. The lowest BCUT2D eigenvalue weighted by Crippen LogP contribution is -2.14. The number of aliphatic carboxylic acids is 1. The quantitative estimate of drug-likeness (QED) is 0.491. The Kier molecular flexibility index (Phi) is 2.19. The van der Waals surface area contributed by atoms with Crippen molar-refractivity contribution in [1.82, 2.24) is 0 Å². The maximum atomic E-state index is 10.6. The van der Waals surface area contributed by atoms with Gasteiger partial charge in [0.25, 0.3) is 0 Å². The van der Waals surface area contributed by atoms with Gasteiger partial charge in [-0.1, -0.05) is 0 Å². The molecular formula is C9H12O2. The van der Waals surface area contributed by atoms with Gasteiger partial charge in [-0.2, -0.15) is 0 Å². The summed E-state index contributed by atoms with van der Waals surface area (Å²) in [4.78, 5) is 10.6. The molecule has 0 radical (unpaired) electrons. The number of terminal acetylenes is 1. The lowest BCUT2D eigenvalue weighted by molar-refractivity contribution is -0.143. The van der Waals surface area contributed by atoms with E-state index in [1.165, 1.54) is 0 Å². The molecule has 1 rings (SSSR count). The molecule has 1 saturated carbocycles. The van der Waals surface area contributed by atoms with Crippen LogP contribution in [0, 0.1) is 17.8 Å². The number of carboxylic acid groups (broad SMARTS) is 1. The van der Waals surface area contributed by atoms with Crippen LogP contribution in [-0.4, -0.2) is 11.1 Å². The average Bonchev–Trinajstić information content (AvgIpc) is 2.70. The van der Waals surface area contributed by atoms with Gasteiger partial charge < -0.3 is 5.11 Å². The molecule has 0 unspecified atom stereocenters. The highest BCUT2D eigenvalue weighted by atomic mass is 16.4. The van der Waals surface area contributed by atoms with Crippen LogP contribution in [0.15, 0.2) is 0 Å². The van der Waals surface area contributed by atoms with Crippen molar-refractivity contribution in [1.29, 1.82) is 0 Å². The number of unbranched alkanes of at least 4 members (excludes halogenated alkanes) is 1. The largest absolute Gasteiger partial charge is 0.481 e.